The fourth-order valence-corrected chi connectivity index (χ4v) is 3.00. The number of urea groups is 1. The number of carbonyl (C=O) groups excluding carboxylic acids is 1. The molecular formula is C14H14N2O4S. The Hall–Kier alpha value is -2.12. The largest absolute Gasteiger partial charge is 0.479 e. The Labute approximate surface area is 124 Å². The van der Waals surface area contributed by atoms with Crippen molar-refractivity contribution in [1.82, 2.24) is 4.90 Å². The van der Waals surface area contributed by atoms with Crippen molar-refractivity contribution >= 4 is 39.1 Å². The lowest BCUT2D eigenvalue weighted by Gasteiger charge is -2.30. The SMILES string of the molecule is O=C(O)C1CN(C(=O)Nc2ccc3sccc3c2)CCO1. The van der Waals surface area contributed by atoms with Gasteiger partial charge in [-0.15, -0.1) is 11.3 Å². The standard InChI is InChI=1S/C14H14N2O4S/c17-13(18)11-8-16(4-5-20-11)14(19)15-10-1-2-12-9(7-10)3-6-21-12/h1-3,6-7,11H,4-5,8H2,(H,15,19)(H,17,18). The summed E-state index contributed by atoms with van der Waals surface area (Å²) in [5.74, 6) is -1.05. The maximum absolute atomic E-state index is 12.2. The van der Waals surface area contributed by atoms with Crippen molar-refractivity contribution in [3.05, 3.63) is 29.6 Å². The van der Waals surface area contributed by atoms with Gasteiger partial charge in [0, 0.05) is 16.9 Å². The number of carboxylic acid groups (broad SMARTS) is 1. The zero-order valence-corrected chi connectivity index (χ0v) is 11.9. The predicted octanol–water partition coefficient (Wildman–Crippen LogP) is 2.22. The number of morpholine rings is 1. The summed E-state index contributed by atoms with van der Waals surface area (Å²) >= 11 is 1.64. The molecule has 1 fully saturated rings. The summed E-state index contributed by atoms with van der Waals surface area (Å²) < 4.78 is 6.26. The van der Waals surface area contributed by atoms with E-state index in [2.05, 4.69) is 5.32 Å². The molecule has 1 aliphatic heterocycles. The third kappa shape index (κ3) is 2.98. The molecule has 1 aromatic heterocycles. The first-order valence-corrected chi connectivity index (χ1v) is 7.39. The first-order valence-electron chi connectivity index (χ1n) is 6.51. The summed E-state index contributed by atoms with van der Waals surface area (Å²) in [5.41, 5.74) is 0.698. The molecule has 3 rings (SSSR count). The molecule has 1 saturated heterocycles. The third-order valence-electron chi connectivity index (χ3n) is 3.33. The second kappa shape index (κ2) is 5.71. The number of hydrogen-bond donors (Lipinski definition) is 2. The Balaban J connectivity index is 1.69. The van der Waals surface area contributed by atoms with Crippen LogP contribution >= 0.6 is 11.3 Å². The minimum absolute atomic E-state index is 0.0574. The van der Waals surface area contributed by atoms with Crippen molar-refractivity contribution in [2.45, 2.75) is 6.10 Å². The highest BCUT2D eigenvalue weighted by Gasteiger charge is 2.28. The summed E-state index contributed by atoms with van der Waals surface area (Å²) in [5, 5.41) is 14.8. The number of amides is 2. The van der Waals surface area contributed by atoms with Gasteiger partial charge in [-0.1, -0.05) is 0 Å². The van der Waals surface area contributed by atoms with E-state index in [-0.39, 0.29) is 19.2 Å². The molecule has 2 amide bonds. The van der Waals surface area contributed by atoms with Gasteiger partial charge in [0.25, 0.3) is 0 Å². The highest BCUT2D eigenvalue weighted by molar-refractivity contribution is 7.17. The number of nitrogens with one attached hydrogen (secondary N) is 1. The summed E-state index contributed by atoms with van der Waals surface area (Å²) in [4.78, 5) is 24.6. The number of hydrogen-bond acceptors (Lipinski definition) is 4. The highest BCUT2D eigenvalue weighted by atomic mass is 32.1. The molecule has 0 bridgehead atoms. The van der Waals surface area contributed by atoms with E-state index in [1.54, 1.807) is 11.3 Å². The van der Waals surface area contributed by atoms with Crippen LogP contribution in [0.1, 0.15) is 0 Å². The fourth-order valence-electron chi connectivity index (χ4n) is 2.23. The molecular weight excluding hydrogens is 292 g/mol. The number of nitrogens with zero attached hydrogens (tertiary/aromatic N) is 1. The van der Waals surface area contributed by atoms with E-state index < -0.39 is 12.1 Å². The molecule has 1 atom stereocenters. The Morgan fingerprint density at radius 1 is 1.38 bits per heavy atom. The molecule has 0 radical (unpaired) electrons. The number of rotatable bonds is 2. The Kier molecular flexibility index (Phi) is 3.76. The normalized spacial score (nSPS) is 18.7. The number of carboxylic acids is 1. The van der Waals surface area contributed by atoms with Crippen LogP contribution in [-0.2, 0) is 9.53 Å². The van der Waals surface area contributed by atoms with Crippen molar-refractivity contribution in [2.24, 2.45) is 0 Å². The number of carbonyl (C=O) groups is 2. The van der Waals surface area contributed by atoms with Gasteiger partial charge in [-0.2, -0.15) is 0 Å². The summed E-state index contributed by atoms with van der Waals surface area (Å²) in [6.07, 6.45) is -0.955. The van der Waals surface area contributed by atoms with Crippen LogP contribution in [0.25, 0.3) is 10.1 Å². The molecule has 0 saturated carbocycles. The number of anilines is 1. The van der Waals surface area contributed by atoms with E-state index in [0.29, 0.717) is 12.2 Å². The Bertz CT molecular complexity index is 684. The van der Waals surface area contributed by atoms with E-state index >= 15 is 0 Å². The molecule has 21 heavy (non-hydrogen) atoms. The van der Waals surface area contributed by atoms with Gasteiger partial charge in [-0.25, -0.2) is 9.59 Å². The second-order valence-corrected chi connectivity index (χ2v) is 5.69. The van der Waals surface area contributed by atoms with Crippen molar-refractivity contribution in [1.29, 1.82) is 0 Å². The summed E-state index contributed by atoms with van der Waals surface area (Å²) in [6.45, 7) is 0.673. The lowest BCUT2D eigenvalue weighted by Crippen LogP contribution is -2.49. The van der Waals surface area contributed by atoms with E-state index in [1.807, 2.05) is 29.6 Å². The van der Waals surface area contributed by atoms with Crippen LogP contribution in [-0.4, -0.2) is 47.8 Å². The van der Waals surface area contributed by atoms with Crippen LogP contribution in [0.4, 0.5) is 10.5 Å². The van der Waals surface area contributed by atoms with E-state index in [4.69, 9.17) is 9.84 Å². The van der Waals surface area contributed by atoms with Gasteiger partial charge in [0.1, 0.15) is 0 Å². The minimum atomic E-state index is -1.05. The number of fused-ring (bicyclic) bond motifs is 1. The zero-order chi connectivity index (χ0) is 14.8. The Morgan fingerprint density at radius 3 is 3.05 bits per heavy atom. The van der Waals surface area contributed by atoms with E-state index in [9.17, 15) is 9.59 Å². The lowest BCUT2D eigenvalue weighted by molar-refractivity contribution is -0.154. The molecule has 7 heteroatoms. The molecule has 1 aromatic carbocycles. The number of aliphatic carboxylic acids is 1. The fraction of sp³-hybridized carbons (Fsp3) is 0.286. The molecule has 1 unspecified atom stereocenters. The molecule has 0 spiro atoms. The van der Waals surface area contributed by atoms with Crippen LogP contribution in [0.3, 0.4) is 0 Å². The molecule has 2 aromatic rings. The van der Waals surface area contributed by atoms with Crippen LogP contribution < -0.4 is 5.32 Å². The van der Waals surface area contributed by atoms with Gasteiger partial charge in [-0.05, 0) is 35.0 Å². The molecule has 110 valence electrons. The number of benzene rings is 1. The third-order valence-corrected chi connectivity index (χ3v) is 4.23. The van der Waals surface area contributed by atoms with Crippen LogP contribution in [0, 0.1) is 0 Å². The predicted molar refractivity (Wildman–Crippen MR) is 79.8 cm³/mol. The maximum Gasteiger partial charge on any atom is 0.334 e. The van der Waals surface area contributed by atoms with Gasteiger partial charge >= 0.3 is 12.0 Å². The second-order valence-electron chi connectivity index (χ2n) is 4.75. The Morgan fingerprint density at radius 2 is 2.24 bits per heavy atom. The van der Waals surface area contributed by atoms with Crippen molar-refractivity contribution in [3.63, 3.8) is 0 Å². The van der Waals surface area contributed by atoms with Gasteiger partial charge in [0.15, 0.2) is 6.10 Å². The molecule has 6 nitrogen and oxygen atoms in total. The first-order chi connectivity index (χ1) is 10.1. The lowest BCUT2D eigenvalue weighted by atomic mass is 10.2. The summed E-state index contributed by atoms with van der Waals surface area (Å²) in [7, 11) is 0. The van der Waals surface area contributed by atoms with Crippen LogP contribution in [0.15, 0.2) is 29.6 Å². The quantitative estimate of drug-likeness (QED) is 0.891. The average Bonchev–Trinajstić information content (AvgIpc) is 2.95. The minimum Gasteiger partial charge on any atom is -0.479 e. The van der Waals surface area contributed by atoms with Crippen LogP contribution in [0.5, 0.6) is 0 Å². The smallest absolute Gasteiger partial charge is 0.334 e. The van der Waals surface area contributed by atoms with Crippen LogP contribution in [0.2, 0.25) is 0 Å². The zero-order valence-electron chi connectivity index (χ0n) is 11.1. The van der Waals surface area contributed by atoms with Gasteiger partial charge in [0.05, 0.1) is 13.2 Å². The van der Waals surface area contributed by atoms with Crippen molar-refractivity contribution < 1.29 is 19.4 Å². The molecule has 0 aliphatic carbocycles. The average molecular weight is 306 g/mol. The number of ether oxygens (including phenoxy) is 1. The monoisotopic (exact) mass is 306 g/mol. The maximum atomic E-state index is 12.2. The molecule has 2 heterocycles. The van der Waals surface area contributed by atoms with E-state index in [1.165, 1.54) is 4.90 Å². The topological polar surface area (TPSA) is 78.9 Å². The molecule has 1 aliphatic rings. The van der Waals surface area contributed by atoms with Crippen molar-refractivity contribution in [2.75, 3.05) is 25.0 Å². The van der Waals surface area contributed by atoms with Gasteiger partial charge in [0.2, 0.25) is 0 Å². The number of thiophene rings is 1. The molecule has 2 N–H and O–H groups in total. The highest BCUT2D eigenvalue weighted by Crippen LogP contribution is 2.24. The summed E-state index contributed by atoms with van der Waals surface area (Å²) in [6, 6.07) is 7.38. The van der Waals surface area contributed by atoms with E-state index in [0.717, 1.165) is 10.1 Å². The van der Waals surface area contributed by atoms with Crippen molar-refractivity contribution in [3.8, 4) is 0 Å². The van der Waals surface area contributed by atoms with Gasteiger partial charge in [-0.3, -0.25) is 0 Å². The van der Waals surface area contributed by atoms with Gasteiger partial charge < -0.3 is 20.1 Å². The first kappa shape index (κ1) is 13.8.